The zero-order valence-corrected chi connectivity index (χ0v) is 13.9. The Bertz CT molecular complexity index is 735. The highest BCUT2D eigenvalue weighted by Gasteiger charge is 2.38. The van der Waals surface area contributed by atoms with Gasteiger partial charge in [0.2, 0.25) is 0 Å². The molecule has 2 aromatic carbocycles. The number of hydrogen-bond acceptors (Lipinski definition) is 3. The Morgan fingerprint density at radius 3 is 2.29 bits per heavy atom. The van der Waals surface area contributed by atoms with Crippen LogP contribution in [0.15, 0.2) is 42.5 Å². The van der Waals surface area contributed by atoms with Crippen LogP contribution in [0.4, 0.5) is 0 Å². The molecule has 0 fully saturated rings. The molecule has 0 saturated heterocycles. The second-order valence-electron chi connectivity index (χ2n) is 6.10. The molecule has 1 unspecified atom stereocenters. The first-order chi connectivity index (χ1) is 9.75. The van der Waals surface area contributed by atoms with Gasteiger partial charge in [-0.15, -0.1) is 0 Å². The molecule has 21 heavy (non-hydrogen) atoms. The van der Waals surface area contributed by atoms with Crippen molar-refractivity contribution in [2.24, 2.45) is 0 Å². The maximum absolute atomic E-state index is 12.0. The fraction of sp³-hybridized carbons (Fsp3) is 0.412. The van der Waals surface area contributed by atoms with E-state index < -0.39 is 14.6 Å². The standard InChI is InChI=1S/C17H23NO2S/c1-17(2,21(4,19)20)16(18-3)12-13-9-10-14-7-5-6-8-15(14)11-13/h5-11,16,18H,12H2,1-4H3. The van der Waals surface area contributed by atoms with Gasteiger partial charge in [-0.1, -0.05) is 42.5 Å². The molecule has 1 atom stereocenters. The summed E-state index contributed by atoms with van der Waals surface area (Å²) in [5, 5.41) is 5.55. The number of sulfone groups is 1. The highest BCUT2D eigenvalue weighted by atomic mass is 32.2. The minimum Gasteiger partial charge on any atom is -0.315 e. The Morgan fingerprint density at radius 2 is 1.71 bits per heavy atom. The van der Waals surface area contributed by atoms with Crippen LogP contribution in [0.2, 0.25) is 0 Å². The van der Waals surface area contributed by atoms with E-state index in [0.717, 1.165) is 5.56 Å². The first-order valence-corrected chi connectivity index (χ1v) is 8.99. The van der Waals surface area contributed by atoms with E-state index in [1.54, 1.807) is 13.8 Å². The lowest BCUT2D eigenvalue weighted by atomic mass is 9.94. The minimum atomic E-state index is -3.14. The molecule has 3 nitrogen and oxygen atoms in total. The molecule has 0 heterocycles. The van der Waals surface area contributed by atoms with Crippen molar-refractivity contribution in [3.8, 4) is 0 Å². The van der Waals surface area contributed by atoms with Crippen molar-refractivity contribution in [2.45, 2.75) is 31.1 Å². The maximum atomic E-state index is 12.0. The van der Waals surface area contributed by atoms with Gasteiger partial charge in [-0.3, -0.25) is 0 Å². The Kier molecular flexibility index (Phi) is 4.40. The van der Waals surface area contributed by atoms with Crippen LogP contribution in [-0.2, 0) is 16.3 Å². The van der Waals surface area contributed by atoms with Gasteiger partial charge < -0.3 is 5.32 Å². The molecular weight excluding hydrogens is 282 g/mol. The summed E-state index contributed by atoms with van der Waals surface area (Å²) in [6.45, 7) is 3.56. The summed E-state index contributed by atoms with van der Waals surface area (Å²) >= 11 is 0. The molecule has 0 amide bonds. The molecule has 2 aromatic rings. The maximum Gasteiger partial charge on any atom is 0.154 e. The molecule has 0 saturated carbocycles. The van der Waals surface area contributed by atoms with Gasteiger partial charge in [-0.25, -0.2) is 8.42 Å². The van der Waals surface area contributed by atoms with Crippen molar-refractivity contribution < 1.29 is 8.42 Å². The summed E-state index contributed by atoms with van der Waals surface area (Å²) < 4.78 is 23.2. The molecule has 0 radical (unpaired) electrons. The van der Waals surface area contributed by atoms with E-state index >= 15 is 0 Å². The van der Waals surface area contributed by atoms with Crippen molar-refractivity contribution in [3.63, 3.8) is 0 Å². The van der Waals surface area contributed by atoms with Crippen LogP contribution in [-0.4, -0.2) is 32.5 Å². The minimum absolute atomic E-state index is 0.131. The summed E-state index contributed by atoms with van der Waals surface area (Å²) in [4.78, 5) is 0. The second kappa shape index (κ2) is 5.78. The van der Waals surface area contributed by atoms with Crippen LogP contribution in [0.3, 0.4) is 0 Å². The fourth-order valence-electron chi connectivity index (χ4n) is 2.56. The van der Waals surface area contributed by atoms with E-state index in [1.807, 2.05) is 19.2 Å². The van der Waals surface area contributed by atoms with Crippen LogP contribution in [0.25, 0.3) is 10.8 Å². The highest BCUT2D eigenvalue weighted by molar-refractivity contribution is 7.92. The van der Waals surface area contributed by atoms with E-state index in [0.29, 0.717) is 6.42 Å². The zero-order chi connectivity index (χ0) is 15.7. The smallest absolute Gasteiger partial charge is 0.154 e. The molecular formula is C17H23NO2S. The first-order valence-electron chi connectivity index (χ1n) is 7.10. The third-order valence-electron chi connectivity index (χ3n) is 4.40. The van der Waals surface area contributed by atoms with Crippen molar-refractivity contribution in [2.75, 3.05) is 13.3 Å². The van der Waals surface area contributed by atoms with E-state index in [2.05, 4.69) is 35.6 Å². The molecule has 0 spiro atoms. The lowest BCUT2D eigenvalue weighted by Gasteiger charge is -2.32. The predicted molar refractivity (Wildman–Crippen MR) is 89.4 cm³/mol. The summed E-state index contributed by atoms with van der Waals surface area (Å²) in [5.74, 6) is 0. The summed E-state index contributed by atoms with van der Waals surface area (Å²) in [7, 11) is -1.32. The van der Waals surface area contributed by atoms with E-state index in [9.17, 15) is 8.42 Å². The molecule has 0 aliphatic heterocycles. The van der Waals surface area contributed by atoms with Crippen LogP contribution in [0.5, 0.6) is 0 Å². The van der Waals surface area contributed by atoms with E-state index in [4.69, 9.17) is 0 Å². The average Bonchev–Trinajstić information content (AvgIpc) is 2.43. The second-order valence-corrected chi connectivity index (χ2v) is 8.70. The Morgan fingerprint density at radius 1 is 1.10 bits per heavy atom. The normalized spacial score (nSPS) is 14.3. The quantitative estimate of drug-likeness (QED) is 0.924. The molecule has 114 valence electrons. The van der Waals surface area contributed by atoms with Crippen molar-refractivity contribution in [1.82, 2.24) is 5.32 Å². The topological polar surface area (TPSA) is 46.2 Å². The highest BCUT2D eigenvalue weighted by Crippen LogP contribution is 2.24. The van der Waals surface area contributed by atoms with Crippen LogP contribution in [0, 0.1) is 0 Å². The number of fused-ring (bicyclic) bond motifs is 1. The lowest BCUT2D eigenvalue weighted by Crippen LogP contribution is -2.51. The molecule has 0 bridgehead atoms. The van der Waals surface area contributed by atoms with Crippen LogP contribution < -0.4 is 5.32 Å². The van der Waals surface area contributed by atoms with Gasteiger partial charge in [0.05, 0.1) is 4.75 Å². The molecule has 0 aliphatic carbocycles. The summed E-state index contributed by atoms with van der Waals surface area (Å²) in [6, 6.07) is 14.4. The number of hydrogen-bond donors (Lipinski definition) is 1. The number of nitrogens with one attached hydrogen (secondary N) is 1. The van der Waals surface area contributed by atoms with Gasteiger partial charge in [0, 0.05) is 12.3 Å². The molecule has 2 rings (SSSR count). The Hall–Kier alpha value is -1.39. The van der Waals surface area contributed by atoms with Gasteiger partial charge in [-0.05, 0) is 43.7 Å². The van der Waals surface area contributed by atoms with Crippen molar-refractivity contribution in [1.29, 1.82) is 0 Å². The summed E-state index contributed by atoms with van der Waals surface area (Å²) in [5.41, 5.74) is 1.14. The Labute approximate surface area is 127 Å². The zero-order valence-electron chi connectivity index (χ0n) is 13.1. The van der Waals surface area contributed by atoms with Crippen LogP contribution >= 0.6 is 0 Å². The van der Waals surface area contributed by atoms with Gasteiger partial charge in [-0.2, -0.15) is 0 Å². The summed E-state index contributed by atoms with van der Waals surface area (Å²) in [6.07, 6.45) is 1.99. The predicted octanol–water partition coefficient (Wildman–Crippen LogP) is 2.79. The third-order valence-corrected chi connectivity index (χ3v) is 6.59. The van der Waals surface area contributed by atoms with Gasteiger partial charge in [0.1, 0.15) is 0 Å². The average molecular weight is 305 g/mol. The fourth-order valence-corrected chi connectivity index (χ4v) is 3.27. The third kappa shape index (κ3) is 3.27. The number of benzene rings is 2. The molecule has 0 aromatic heterocycles. The van der Waals surface area contributed by atoms with Gasteiger partial charge in [0.15, 0.2) is 9.84 Å². The number of likely N-dealkylation sites (N-methyl/N-ethyl adjacent to an activating group) is 1. The Balaban J connectivity index is 2.33. The van der Waals surface area contributed by atoms with Crippen molar-refractivity contribution >= 4 is 20.6 Å². The van der Waals surface area contributed by atoms with Gasteiger partial charge >= 0.3 is 0 Å². The first kappa shape index (κ1) is 16.0. The van der Waals surface area contributed by atoms with Crippen molar-refractivity contribution in [3.05, 3.63) is 48.0 Å². The number of rotatable bonds is 5. The van der Waals surface area contributed by atoms with Gasteiger partial charge in [0.25, 0.3) is 0 Å². The van der Waals surface area contributed by atoms with E-state index in [1.165, 1.54) is 17.0 Å². The van der Waals surface area contributed by atoms with Crippen LogP contribution in [0.1, 0.15) is 19.4 Å². The molecule has 4 heteroatoms. The van der Waals surface area contributed by atoms with E-state index in [-0.39, 0.29) is 6.04 Å². The molecule has 1 N–H and O–H groups in total. The molecule has 0 aliphatic rings. The lowest BCUT2D eigenvalue weighted by molar-refractivity contribution is 0.431. The monoisotopic (exact) mass is 305 g/mol. The largest absolute Gasteiger partial charge is 0.315 e. The SMILES string of the molecule is CNC(Cc1ccc2ccccc2c1)C(C)(C)S(C)(=O)=O.